The Morgan fingerprint density at radius 2 is 1.74 bits per heavy atom. The molecule has 0 unspecified atom stereocenters. The fourth-order valence-electron chi connectivity index (χ4n) is 3.63. The Bertz CT molecular complexity index is 1300. The lowest BCUT2D eigenvalue weighted by atomic mass is 10.2. The summed E-state index contributed by atoms with van der Waals surface area (Å²) in [5.74, 6) is 2.16. The molecule has 0 bridgehead atoms. The average molecular weight is 489 g/mol. The number of nitrogens with one attached hydrogen (secondary N) is 2. The molecule has 1 aromatic heterocycles. The van der Waals surface area contributed by atoms with Crippen LogP contribution in [0.15, 0.2) is 78.9 Å². The highest BCUT2D eigenvalue weighted by Gasteiger charge is 2.12. The Morgan fingerprint density at radius 1 is 1.00 bits per heavy atom. The van der Waals surface area contributed by atoms with Gasteiger partial charge in [-0.1, -0.05) is 48.5 Å². The summed E-state index contributed by atoms with van der Waals surface area (Å²) in [6.45, 7) is 3.82. The number of ether oxygens (including phenoxy) is 2. The third kappa shape index (κ3) is 6.58. The largest absolute Gasteiger partial charge is 0.494 e. The lowest BCUT2D eigenvalue weighted by molar-refractivity contribution is -0.121. The number of hydrogen-bond donors (Lipinski definition) is 2. The maximum absolute atomic E-state index is 12.6. The summed E-state index contributed by atoms with van der Waals surface area (Å²) < 4.78 is 13.8. The normalized spacial score (nSPS) is 10.7. The van der Waals surface area contributed by atoms with E-state index < -0.39 is 0 Å². The number of aromatic amines is 1. The molecule has 2 N–H and O–H groups in total. The molecule has 180 valence electrons. The van der Waals surface area contributed by atoms with Gasteiger partial charge in [0.15, 0.2) is 10.6 Å². The zero-order valence-electron chi connectivity index (χ0n) is 19.6. The minimum Gasteiger partial charge on any atom is -0.494 e. The van der Waals surface area contributed by atoms with Crippen molar-refractivity contribution < 1.29 is 14.3 Å². The van der Waals surface area contributed by atoms with E-state index in [0.29, 0.717) is 36.9 Å². The molecular weight excluding hydrogens is 460 g/mol. The second kappa shape index (κ2) is 12.0. The van der Waals surface area contributed by atoms with Crippen molar-refractivity contribution in [3.05, 3.63) is 94.8 Å². The van der Waals surface area contributed by atoms with Crippen molar-refractivity contribution in [3.8, 4) is 22.9 Å². The maximum atomic E-state index is 12.6. The molecule has 0 atom stereocenters. The molecule has 35 heavy (non-hydrogen) atoms. The van der Waals surface area contributed by atoms with Crippen molar-refractivity contribution in [1.82, 2.24) is 20.1 Å². The van der Waals surface area contributed by atoms with Crippen LogP contribution in [0.5, 0.6) is 11.5 Å². The molecule has 0 aliphatic rings. The minimum atomic E-state index is -0.0800. The van der Waals surface area contributed by atoms with Crippen LogP contribution < -0.4 is 14.8 Å². The first kappa shape index (κ1) is 24.2. The van der Waals surface area contributed by atoms with Crippen molar-refractivity contribution in [2.45, 2.75) is 33.0 Å². The molecule has 0 aliphatic heterocycles. The van der Waals surface area contributed by atoms with E-state index in [1.165, 1.54) is 0 Å². The first-order valence-electron chi connectivity index (χ1n) is 11.5. The van der Waals surface area contributed by atoms with E-state index in [4.69, 9.17) is 21.7 Å². The van der Waals surface area contributed by atoms with Crippen molar-refractivity contribution in [2.75, 3.05) is 6.61 Å². The summed E-state index contributed by atoms with van der Waals surface area (Å²) in [7, 11) is 0. The van der Waals surface area contributed by atoms with Crippen molar-refractivity contribution >= 4 is 18.1 Å². The van der Waals surface area contributed by atoms with Crippen molar-refractivity contribution in [2.24, 2.45) is 0 Å². The van der Waals surface area contributed by atoms with E-state index in [2.05, 4.69) is 15.5 Å². The molecule has 7 nitrogen and oxygen atoms in total. The van der Waals surface area contributed by atoms with Crippen molar-refractivity contribution in [1.29, 1.82) is 0 Å². The predicted octanol–water partition coefficient (Wildman–Crippen LogP) is 5.29. The number of benzene rings is 3. The zero-order chi connectivity index (χ0) is 24.5. The molecular formula is C27H28N4O3S. The quantitative estimate of drug-likeness (QED) is 0.280. The highest BCUT2D eigenvalue weighted by molar-refractivity contribution is 7.71. The first-order valence-corrected chi connectivity index (χ1v) is 11.9. The lowest BCUT2D eigenvalue weighted by Crippen LogP contribution is -2.24. The predicted molar refractivity (Wildman–Crippen MR) is 138 cm³/mol. The van der Waals surface area contributed by atoms with Crippen molar-refractivity contribution in [3.63, 3.8) is 0 Å². The van der Waals surface area contributed by atoms with Gasteiger partial charge in [0, 0.05) is 30.6 Å². The molecule has 3 aromatic carbocycles. The van der Waals surface area contributed by atoms with Gasteiger partial charge < -0.3 is 14.8 Å². The summed E-state index contributed by atoms with van der Waals surface area (Å²) in [6.07, 6.45) is 0.269. The number of hydrogen-bond acceptors (Lipinski definition) is 5. The van der Waals surface area contributed by atoms with Gasteiger partial charge in [-0.15, -0.1) is 0 Å². The second-order valence-electron chi connectivity index (χ2n) is 7.87. The fourth-order valence-corrected chi connectivity index (χ4v) is 3.86. The van der Waals surface area contributed by atoms with Gasteiger partial charge in [-0.05, 0) is 55.0 Å². The molecule has 8 heteroatoms. The third-order valence-corrected chi connectivity index (χ3v) is 5.74. The summed E-state index contributed by atoms with van der Waals surface area (Å²) in [5, 5.41) is 10.2. The Balaban J connectivity index is 1.34. The van der Waals surface area contributed by atoms with E-state index in [1.54, 1.807) is 0 Å². The molecule has 4 rings (SSSR count). The third-order valence-electron chi connectivity index (χ3n) is 5.43. The monoisotopic (exact) mass is 488 g/mol. The van der Waals surface area contributed by atoms with Gasteiger partial charge in [0.2, 0.25) is 5.91 Å². The summed E-state index contributed by atoms with van der Waals surface area (Å²) >= 11 is 5.39. The minimum absolute atomic E-state index is 0.0800. The van der Waals surface area contributed by atoms with Crippen LogP contribution in [0.2, 0.25) is 0 Å². The SMILES string of the molecule is CCOc1ccc(-c2n[nH]c(=S)n2CCC(=O)NCc2ccccc2OCc2ccccc2)cc1. The Hall–Kier alpha value is -3.91. The van der Waals surface area contributed by atoms with Gasteiger partial charge in [-0.3, -0.25) is 14.5 Å². The van der Waals surface area contributed by atoms with E-state index in [9.17, 15) is 4.79 Å². The molecule has 1 heterocycles. The van der Waals surface area contributed by atoms with Gasteiger partial charge in [0.25, 0.3) is 0 Å². The summed E-state index contributed by atoms with van der Waals surface area (Å²) in [6, 6.07) is 25.4. The maximum Gasteiger partial charge on any atom is 0.222 e. The molecule has 0 radical (unpaired) electrons. The van der Waals surface area contributed by atoms with E-state index in [0.717, 1.165) is 28.2 Å². The molecule has 0 aliphatic carbocycles. The molecule has 0 saturated carbocycles. The number of aromatic nitrogens is 3. The number of carbonyl (C=O) groups excluding carboxylic acids is 1. The number of nitrogens with zero attached hydrogens (tertiary/aromatic N) is 2. The van der Waals surface area contributed by atoms with E-state index in [-0.39, 0.29) is 12.3 Å². The highest BCUT2D eigenvalue weighted by atomic mass is 32.1. The van der Waals surface area contributed by atoms with Gasteiger partial charge in [-0.2, -0.15) is 5.10 Å². The smallest absolute Gasteiger partial charge is 0.222 e. The number of H-pyrrole nitrogens is 1. The number of rotatable bonds is 11. The highest BCUT2D eigenvalue weighted by Crippen LogP contribution is 2.22. The van der Waals surface area contributed by atoms with Gasteiger partial charge in [0.1, 0.15) is 18.1 Å². The average Bonchev–Trinajstić information content (AvgIpc) is 3.26. The van der Waals surface area contributed by atoms with Crippen LogP contribution in [0.4, 0.5) is 0 Å². The van der Waals surface area contributed by atoms with Crippen LogP contribution in [0.1, 0.15) is 24.5 Å². The topological polar surface area (TPSA) is 81.2 Å². The Kier molecular flexibility index (Phi) is 8.30. The van der Waals surface area contributed by atoms with E-state index >= 15 is 0 Å². The van der Waals surface area contributed by atoms with Crippen LogP contribution in [-0.2, 0) is 24.5 Å². The van der Waals surface area contributed by atoms with Crippen LogP contribution in [0, 0.1) is 4.77 Å². The molecule has 4 aromatic rings. The number of amides is 1. The van der Waals surface area contributed by atoms with E-state index in [1.807, 2.05) is 90.4 Å². The molecule has 0 saturated heterocycles. The first-order chi connectivity index (χ1) is 17.1. The fraction of sp³-hybridized carbons (Fsp3) is 0.222. The standard InChI is InChI=1S/C27H28N4O3S/c1-2-33-23-14-12-21(13-15-23)26-29-30-27(35)31(26)17-16-25(32)28-18-22-10-6-7-11-24(22)34-19-20-8-4-3-5-9-20/h3-15H,2,16-19H2,1H3,(H,28,32)(H,30,35). The van der Waals surface area contributed by atoms with Gasteiger partial charge in [0.05, 0.1) is 6.61 Å². The second-order valence-corrected chi connectivity index (χ2v) is 8.26. The lowest BCUT2D eigenvalue weighted by Gasteiger charge is -2.13. The molecule has 0 spiro atoms. The van der Waals surface area contributed by atoms with Crippen LogP contribution in [-0.4, -0.2) is 27.3 Å². The number of para-hydroxylation sites is 1. The zero-order valence-corrected chi connectivity index (χ0v) is 20.4. The Labute approximate surface area is 209 Å². The summed E-state index contributed by atoms with van der Waals surface area (Å²) in [5.41, 5.74) is 2.91. The number of carbonyl (C=O) groups is 1. The van der Waals surface area contributed by atoms with Crippen LogP contribution in [0.25, 0.3) is 11.4 Å². The van der Waals surface area contributed by atoms with Crippen LogP contribution in [0.3, 0.4) is 0 Å². The molecule has 0 fully saturated rings. The van der Waals surface area contributed by atoms with Gasteiger partial charge in [-0.25, -0.2) is 0 Å². The molecule has 1 amide bonds. The van der Waals surface area contributed by atoms with Gasteiger partial charge >= 0.3 is 0 Å². The van der Waals surface area contributed by atoms with Crippen LogP contribution >= 0.6 is 12.2 Å². The Morgan fingerprint density at radius 3 is 2.51 bits per heavy atom. The summed E-state index contributed by atoms with van der Waals surface area (Å²) in [4.78, 5) is 12.6.